The number of carbonyl (C=O) groups is 1. The Hall–Kier alpha value is -4.14. The Morgan fingerprint density at radius 1 is 1.18 bits per heavy atom. The molecule has 9 nitrogen and oxygen atoms in total. The molecule has 28 heavy (non-hydrogen) atoms. The van der Waals surface area contributed by atoms with E-state index in [1.807, 2.05) is 0 Å². The Morgan fingerprint density at radius 3 is 2.68 bits per heavy atom. The number of H-pyrrole nitrogens is 2. The highest BCUT2D eigenvalue weighted by molar-refractivity contribution is 6.12. The molecule has 0 atom stereocenters. The number of nitrogens with one attached hydrogen (secondary N) is 2. The van der Waals surface area contributed by atoms with E-state index in [-0.39, 0.29) is 17.9 Å². The number of aromatic amines is 2. The summed E-state index contributed by atoms with van der Waals surface area (Å²) in [5.74, 6) is 0.520. The van der Waals surface area contributed by atoms with Crippen LogP contribution in [0.15, 0.2) is 46.2 Å². The van der Waals surface area contributed by atoms with Gasteiger partial charge >= 0.3 is 5.97 Å². The van der Waals surface area contributed by atoms with Gasteiger partial charge in [0.1, 0.15) is 5.52 Å². The second kappa shape index (κ2) is 5.95. The Labute approximate surface area is 156 Å². The van der Waals surface area contributed by atoms with Crippen molar-refractivity contribution in [2.75, 3.05) is 6.79 Å². The van der Waals surface area contributed by atoms with Gasteiger partial charge in [-0.25, -0.2) is 14.9 Å². The summed E-state index contributed by atoms with van der Waals surface area (Å²) in [6, 6.07) is 9.83. The molecule has 9 heteroatoms. The van der Waals surface area contributed by atoms with E-state index in [4.69, 9.17) is 14.6 Å². The number of aromatic nitrogens is 3. The molecule has 0 fully saturated rings. The normalized spacial score (nSPS) is 13.0. The maximum Gasteiger partial charge on any atom is 0.335 e. The first-order chi connectivity index (χ1) is 13.6. The average molecular weight is 376 g/mol. The number of hydrogen-bond acceptors (Lipinski definition) is 6. The lowest BCUT2D eigenvalue weighted by molar-refractivity contribution is 0.0697. The maximum absolute atomic E-state index is 12.2. The molecule has 0 saturated heterocycles. The van der Waals surface area contributed by atoms with Crippen molar-refractivity contribution in [3.63, 3.8) is 0 Å². The third kappa shape index (κ3) is 2.49. The minimum absolute atomic E-state index is 0.149. The Bertz CT molecular complexity index is 1330. The highest BCUT2D eigenvalue weighted by Crippen LogP contribution is 2.39. The summed E-state index contributed by atoms with van der Waals surface area (Å²) in [5, 5.41) is 16.8. The van der Waals surface area contributed by atoms with Crippen LogP contribution in [0.3, 0.4) is 0 Å². The first-order valence-electron chi connectivity index (χ1n) is 8.31. The molecule has 0 bridgehead atoms. The molecule has 0 saturated carbocycles. The molecule has 3 N–H and O–H groups in total. The van der Waals surface area contributed by atoms with Crippen molar-refractivity contribution in [3.8, 4) is 11.5 Å². The highest BCUT2D eigenvalue weighted by Gasteiger charge is 2.19. The topological polar surface area (TPSA) is 130 Å². The molecule has 138 valence electrons. The first kappa shape index (κ1) is 16.1. The number of fused-ring (bicyclic) bond motifs is 4. The molecular weight excluding hydrogens is 364 g/mol. The summed E-state index contributed by atoms with van der Waals surface area (Å²) < 4.78 is 10.8. The molecule has 0 unspecified atom stereocenters. The van der Waals surface area contributed by atoms with E-state index in [0.29, 0.717) is 39.3 Å². The van der Waals surface area contributed by atoms with E-state index in [2.05, 4.69) is 20.2 Å². The zero-order valence-corrected chi connectivity index (χ0v) is 14.2. The van der Waals surface area contributed by atoms with E-state index < -0.39 is 5.97 Å². The van der Waals surface area contributed by atoms with Gasteiger partial charge in [0.2, 0.25) is 6.79 Å². The highest BCUT2D eigenvalue weighted by atomic mass is 16.7. The summed E-state index contributed by atoms with van der Waals surface area (Å²) in [4.78, 5) is 30.6. The molecule has 1 aliphatic heterocycles. The van der Waals surface area contributed by atoms with Crippen LogP contribution >= 0.6 is 0 Å². The predicted molar refractivity (Wildman–Crippen MR) is 101 cm³/mol. The Kier molecular flexibility index (Phi) is 3.41. The number of aromatic carboxylic acids is 1. The molecule has 0 amide bonds. The van der Waals surface area contributed by atoms with Gasteiger partial charge in [-0.15, -0.1) is 0 Å². The van der Waals surface area contributed by atoms with Crippen molar-refractivity contribution in [2.24, 2.45) is 4.99 Å². The molecule has 2 aromatic heterocycles. The number of ether oxygens (including phenoxy) is 2. The molecule has 5 rings (SSSR count). The molecule has 0 aliphatic carbocycles. The van der Waals surface area contributed by atoms with Crippen molar-refractivity contribution < 1.29 is 19.4 Å². The van der Waals surface area contributed by atoms with E-state index in [1.165, 1.54) is 12.1 Å². The average Bonchev–Trinajstić information content (AvgIpc) is 3.30. The monoisotopic (exact) mass is 376 g/mol. The number of aliphatic imine (C=N–C) groups is 1. The van der Waals surface area contributed by atoms with Gasteiger partial charge in [0, 0.05) is 17.7 Å². The number of hydrogen-bond donors (Lipinski definition) is 3. The summed E-state index contributed by atoms with van der Waals surface area (Å²) in [6.45, 7) is 0.149. The lowest BCUT2D eigenvalue weighted by atomic mass is 10.1. The maximum atomic E-state index is 12.2. The van der Waals surface area contributed by atoms with Gasteiger partial charge in [0.25, 0.3) is 5.56 Å². The Morgan fingerprint density at radius 2 is 1.93 bits per heavy atom. The van der Waals surface area contributed by atoms with Crippen LogP contribution in [-0.2, 0) is 0 Å². The molecule has 2 aromatic carbocycles. The van der Waals surface area contributed by atoms with Crippen molar-refractivity contribution in [3.05, 3.63) is 57.9 Å². The second-order valence-corrected chi connectivity index (χ2v) is 6.19. The van der Waals surface area contributed by atoms with Crippen LogP contribution in [0, 0.1) is 0 Å². The summed E-state index contributed by atoms with van der Waals surface area (Å²) in [5.41, 5.74) is 1.58. The number of benzene rings is 2. The molecule has 0 spiro atoms. The third-order valence-electron chi connectivity index (χ3n) is 4.50. The number of carboxylic acids is 1. The molecule has 0 radical (unpaired) electrons. The fraction of sp³-hybridized carbons (Fsp3) is 0.0526. The van der Waals surface area contributed by atoms with E-state index in [0.717, 1.165) is 5.39 Å². The van der Waals surface area contributed by atoms with E-state index in [1.54, 1.807) is 30.5 Å². The number of carboxylic acid groups (broad SMARTS) is 1. The quantitative estimate of drug-likeness (QED) is 0.471. The van der Waals surface area contributed by atoms with Crippen molar-refractivity contribution in [2.45, 2.75) is 0 Å². The van der Waals surface area contributed by atoms with Crippen LogP contribution in [0.2, 0.25) is 0 Å². The van der Waals surface area contributed by atoms with Crippen LogP contribution in [0.5, 0.6) is 11.5 Å². The predicted octanol–water partition coefficient (Wildman–Crippen LogP) is 2.58. The van der Waals surface area contributed by atoms with Gasteiger partial charge in [0.05, 0.1) is 16.5 Å². The lowest BCUT2D eigenvalue weighted by Crippen LogP contribution is -2.07. The largest absolute Gasteiger partial charge is 0.478 e. The van der Waals surface area contributed by atoms with E-state index >= 15 is 0 Å². The first-order valence-corrected chi connectivity index (χ1v) is 8.31. The Balaban J connectivity index is 1.64. The van der Waals surface area contributed by atoms with Crippen molar-refractivity contribution >= 4 is 39.8 Å². The lowest BCUT2D eigenvalue weighted by Gasteiger charge is -1.99. The molecular formula is C19H12N4O5. The van der Waals surface area contributed by atoms with Crippen LogP contribution in [-0.4, -0.2) is 39.3 Å². The number of rotatable bonds is 3. The third-order valence-corrected chi connectivity index (χ3v) is 4.50. The second-order valence-electron chi connectivity index (χ2n) is 6.19. The van der Waals surface area contributed by atoms with Crippen LogP contribution in [0.25, 0.3) is 21.8 Å². The van der Waals surface area contributed by atoms with Crippen LogP contribution in [0.4, 0.5) is 5.82 Å². The van der Waals surface area contributed by atoms with Crippen LogP contribution in [0.1, 0.15) is 15.9 Å². The van der Waals surface area contributed by atoms with Gasteiger partial charge in [0.15, 0.2) is 17.3 Å². The van der Waals surface area contributed by atoms with Gasteiger partial charge in [-0.2, -0.15) is 5.10 Å². The molecule has 1 aliphatic rings. The van der Waals surface area contributed by atoms with Gasteiger partial charge in [-0.1, -0.05) is 12.1 Å². The van der Waals surface area contributed by atoms with E-state index in [9.17, 15) is 9.59 Å². The summed E-state index contributed by atoms with van der Waals surface area (Å²) >= 11 is 0. The van der Waals surface area contributed by atoms with Gasteiger partial charge < -0.3 is 19.6 Å². The van der Waals surface area contributed by atoms with Crippen molar-refractivity contribution in [1.29, 1.82) is 0 Å². The fourth-order valence-corrected chi connectivity index (χ4v) is 3.14. The minimum atomic E-state index is -0.995. The zero-order valence-electron chi connectivity index (χ0n) is 14.2. The van der Waals surface area contributed by atoms with Crippen molar-refractivity contribution in [1.82, 2.24) is 15.2 Å². The molecule has 4 aromatic rings. The summed E-state index contributed by atoms with van der Waals surface area (Å²) in [7, 11) is 0. The molecule has 3 heterocycles. The van der Waals surface area contributed by atoms with Crippen LogP contribution < -0.4 is 15.0 Å². The number of nitrogens with zero attached hydrogens (tertiary/aromatic N) is 2. The summed E-state index contributed by atoms with van der Waals surface area (Å²) in [6.07, 6.45) is 1.55. The fourth-order valence-electron chi connectivity index (χ4n) is 3.14. The van der Waals surface area contributed by atoms with Gasteiger partial charge in [-0.3, -0.25) is 4.79 Å². The zero-order chi connectivity index (χ0) is 19.3. The standard InChI is InChI=1S/C19H12N4O5/c24-18-16-15(11-5-13-14(28-8-27-13)6-12(11)21-16)17(22-23-18)20-7-9-1-3-10(4-2-9)19(25)26/h1-7,21H,8H2,(H,23,24)(H,25,26). The minimum Gasteiger partial charge on any atom is -0.478 e. The SMILES string of the molecule is O=C(O)c1ccc(C=Nc2n[nH]c(=O)c3[nH]c4cc5c(cc4c23)OCO5)cc1. The van der Waals surface area contributed by atoms with Gasteiger partial charge in [-0.05, 0) is 23.8 Å². The smallest absolute Gasteiger partial charge is 0.335 e.